The number of aromatic nitrogens is 5. The lowest BCUT2D eigenvalue weighted by molar-refractivity contribution is -0.136. The second-order valence-electron chi connectivity index (χ2n) is 6.86. The molecule has 0 aliphatic carbocycles. The Kier molecular flexibility index (Phi) is 5.14. The number of hydrogen-bond donors (Lipinski definition) is 1. The third kappa shape index (κ3) is 4.09. The Labute approximate surface area is 176 Å². The van der Waals surface area contributed by atoms with E-state index in [9.17, 15) is 13.2 Å². The molecule has 0 fully saturated rings. The maximum atomic E-state index is 13.3. The Morgan fingerprint density at radius 2 is 1.87 bits per heavy atom. The van der Waals surface area contributed by atoms with Crippen molar-refractivity contribution >= 4 is 11.6 Å². The fraction of sp³-hybridized carbons (Fsp3) is 0.190. The van der Waals surface area contributed by atoms with E-state index >= 15 is 0 Å². The minimum absolute atomic E-state index is 0.0968. The highest BCUT2D eigenvalue weighted by molar-refractivity contribution is 5.66. The van der Waals surface area contributed by atoms with Gasteiger partial charge >= 0.3 is 6.18 Å². The first kappa shape index (κ1) is 20.5. The van der Waals surface area contributed by atoms with Crippen LogP contribution in [-0.4, -0.2) is 31.4 Å². The van der Waals surface area contributed by atoms with Crippen molar-refractivity contribution in [3.8, 4) is 22.8 Å². The molecular weight excluding hydrogens is 409 g/mol. The van der Waals surface area contributed by atoms with Crippen molar-refractivity contribution in [3.05, 3.63) is 66.2 Å². The summed E-state index contributed by atoms with van der Waals surface area (Å²) in [6, 6.07) is 10.7. The number of methoxy groups -OCH3 is 1. The summed E-state index contributed by atoms with van der Waals surface area (Å²) in [7, 11) is 3.16. The number of hydrogen-bond acceptors (Lipinski definition) is 5. The molecule has 1 N–H and O–H groups in total. The largest absolute Gasteiger partial charge is 0.495 e. The van der Waals surface area contributed by atoms with Crippen molar-refractivity contribution in [3.63, 3.8) is 0 Å². The van der Waals surface area contributed by atoms with Gasteiger partial charge in [0.05, 0.1) is 36.1 Å². The van der Waals surface area contributed by atoms with E-state index in [1.54, 1.807) is 26.6 Å². The smallest absolute Gasteiger partial charge is 0.418 e. The number of ether oxygens (including phenoxy) is 1. The topological polar surface area (TPSA) is 69.8 Å². The van der Waals surface area contributed by atoms with Gasteiger partial charge in [-0.2, -0.15) is 18.2 Å². The molecule has 2 aromatic carbocycles. The number of anilines is 2. The van der Waals surface area contributed by atoms with E-state index in [1.165, 1.54) is 22.9 Å². The Bertz CT molecular complexity index is 1230. The van der Waals surface area contributed by atoms with Crippen LogP contribution in [0.15, 0.2) is 55.0 Å². The van der Waals surface area contributed by atoms with Gasteiger partial charge in [-0.05, 0) is 37.3 Å². The quantitative estimate of drug-likeness (QED) is 0.497. The second kappa shape index (κ2) is 7.78. The molecule has 31 heavy (non-hydrogen) atoms. The highest BCUT2D eigenvalue weighted by atomic mass is 19.4. The molecule has 0 bridgehead atoms. The number of nitrogens with one attached hydrogen (secondary N) is 1. The molecule has 160 valence electrons. The summed E-state index contributed by atoms with van der Waals surface area (Å²) in [6.07, 6.45) is -0.928. The van der Waals surface area contributed by atoms with Crippen molar-refractivity contribution in [2.75, 3.05) is 12.4 Å². The van der Waals surface area contributed by atoms with Gasteiger partial charge in [0, 0.05) is 18.8 Å². The van der Waals surface area contributed by atoms with Crippen LogP contribution in [0.2, 0.25) is 0 Å². The van der Waals surface area contributed by atoms with Crippen molar-refractivity contribution in [2.45, 2.75) is 13.1 Å². The molecule has 0 unspecified atom stereocenters. The third-order valence-electron chi connectivity index (χ3n) is 4.67. The lowest BCUT2D eigenvalue weighted by Crippen LogP contribution is -2.10. The highest BCUT2D eigenvalue weighted by Gasteiger charge is 2.33. The number of halogens is 3. The van der Waals surface area contributed by atoms with Gasteiger partial charge < -0.3 is 14.6 Å². The van der Waals surface area contributed by atoms with Crippen LogP contribution in [0.1, 0.15) is 11.3 Å². The van der Waals surface area contributed by atoms with Crippen LogP contribution in [0.4, 0.5) is 24.8 Å². The molecule has 0 aliphatic rings. The number of para-hydroxylation sites is 1. The van der Waals surface area contributed by atoms with Crippen LogP contribution in [0.3, 0.4) is 0 Å². The van der Waals surface area contributed by atoms with Crippen LogP contribution in [0.25, 0.3) is 17.1 Å². The third-order valence-corrected chi connectivity index (χ3v) is 4.67. The van der Waals surface area contributed by atoms with E-state index in [4.69, 9.17) is 4.74 Å². The van der Waals surface area contributed by atoms with Gasteiger partial charge in [-0.25, -0.2) is 9.67 Å². The summed E-state index contributed by atoms with van der Waals surface area (Å²) < 4.78 is 48.6. The zero-order valence-electron chi connectivity index (χ0n) is 17.0. The maximum Gasteiger partial charge on any atom is 0.418 e. The van der Waals surface area contributed by atoms with Crippen molar-refractivity contribution in [1.82, 2.24) is 24.3 Å². The average Bonchev–Trinajstić information content (AvgIpc) is 3.33. The Balaban J connectivity index is 1.67. The van der Waals surface area contributed by atoms with Crippen LogP contribution in [-0.2, 0) is 13.2 Å². The zero-order chi connectivity index (χ0) is 22.2. The monoisotopic (exact) mass is 428 g/mol. The summed E-state index contributed by atoms with van der Waals surface area (Å²) in [6.45, 7) is 1.89. The lowest BCUT2D eigenvalue weighted by atomic mass is 10.1. The van der Waals surface area contributed by atoms with E-state index in [0.717, 1.165) is 17.4 Å². The molecule has 10 heteroatoms. The number of aryl methyl sites for hydroxylation is 2. The molecule has 0 saturated carbocycles. The van der Waals surface area contributed by atoms with Gasteiger partial charge in [0.25, 0.3) is 0 Å². The SMILES string of the molecule is COc1cc(-c2nc(Nc3ccccc3C(F)(F)F)n(C)n2)ccc1-n1cnc(C)c1. The Morgan fingerprint density at radius 1 is 1.10 bits per heavy atom. The molecule has 7 nitrogen and oxygen atoms in total. The molecular formula is C21H19F3N6O. The number of rotatable bonds is 5. The van der Waals surface area contributed by atoms with E-state index in [1.807, 2.05) is 29.8 Å². The summed E-state index contributed by atoms with van der Waals surface area (Å²) in [5.74, 6) is 1.11. The molecule has 2 aromatic heterocycles. The first-order valence-corrected chi connectivity index (χ1v) is 9.30. The van der Waals surface area contributed by atoms with Crippen molar-refractivity contribution in [2.24, 2.45) is 7.05 Å². The van der Waals surface area contributed by atoms with E-state index in [-0.39, 0.29) is 11.6 Å². The fourth-order valence-corrected chi connectivity index (χ4v) is 3.16. The van der Waals surface area contributed by atoms with Gasteiger partial charge in [-0.1, -0.05) is 12.1 Å². The van der Waals surface area contributed by atoms with E-state index in [0.29, 0.717) is 17.1 Å². The molecule has 2 heterocycles. The minimum Gasteiger partial charge on any atom is -0.495 e. The summed E-state index contributed by atoms with van der Waals surface area (Å²) in [5.41, 5.74) is 1.44. The molecule has 0 atom stereocenters. The Morgan fingerprint density at radius 3 is 2.55 bits per heavy atom. The number of imidazole rings is 1. The van der Waals surface area contributed by atoms with E-state index < -0.39 is 11.7 Å². The predicted molar refractivity (Wildman–Crippen MR) is 110 cm³/mol. The fourth-order valence-electron chi connectivity index (χ4n) is 3.16. The van der Waals surface area contributed by atoms with Gasteiger partial charge in [0.2, 0.25) is 5.95 Å². The zero-order valence-corrected chi connectivity index (χ0v) is 17.0. The van der Waals surface area contributed by atoms with Crippen molar-refractivity contribution < 1.29 is 17.9 Å². The number of alkyl halides is 3. The summed E-state index contributed by atoms with van der Waals surface area (Å²) in [5, 5.41) is 7.07. The Hall–Kier alpha value is -3.82. The highest BCUT2D eigenvalue weighted by Crippen LogP contribution is 2.36. The van der Waals surface area contributed by atoms with E-state index in [2.05, 4.69) is 20.4 Å². The van der Waals surface area contributed by atoms with Crippen molar-refractivity contribution in [1.29, 1.82) is 0 Å². The first-order valence-electron chi connectivity index (χ1n) is 9.30. The van der Waals surface area contributed by atoms with Gasteiger partial charge in [0.1, 0.15) is 5.75 Å². The number of nitrogens with zero attached hydrogens (tertiary/aromatic N) is 5. The maximum absolute atomic E-state index is 13.3. The molecule has 0 spiro atoms. The van der Waals surface area contributed by atoms with Crippen LogP contribution in [0, 0.1) is 6.92 Å². The van der Waals surface area contributed by atoms with Gasteiger partial charge in [-0.15, -0.1) is 5.10 Å². The standard InChI is InChI=1S/C21H19F3N6O/c1-13-11-30(12-25-13)17-9-8-14(10-18(17)31-3)19-27-20(29(2)28-19)26-16-7-5-4-6-15(16)21(22,23)24/h4-12H,1-3H3,(H,26,27,28). The average molecular weight is 428 g/mol. The van der Waals surface area contributed by atoms with Gasteiger partial charge in [0.15, 0.2) is 5.82 Å². The normalized spacial score (nSPS) is 11.5. The molecule has 4 aromatic rings. The van der Waals surface area contributed by atoms with Crippen LogP contribution < -0.4 is 10.1 Å². The second-order valence-corrected chi connectivity index (χ2v) is 6.86. The molecule has 0 amide bonds. The molecule has 4 rings (SSSR count). The van der Waals surface area contributed by atoms with Crippen LogP contribution >= 0.6 is 0 Å². The van der Waals surface area contributed by atoms with Gasteiger partial charge in [-0.3, -0.25) is 0 Å². The minimum atomic E-state index is -4.49. The lowest BCUT2D eigenvalue weighted by Gasteiger charge is -2.13. The predicted octanol–water partition coefficient (Wildman–Crippen LogP) is 4.75. The molecule has 0 saturated heterocycles. The molecule has 0 aliphatic heterocycles. The summed E-state index contributed by atoms with van der Waals surface area (Å²) in [4.78, 5) is 8.60. The number of benzene rings is 2. The first-order chi connectivity index (χ1) is 14.8. The molecule has 0 radical (unpaired) electrons. The van der Waals surface area contributed by atoms with Crippen LogP contribution in [0.5, 0.6) is 5.75 Å². The summed E-state index contributed by atoms with van der Waals surface area (Å²) >= 11 is 0.